The fourth-order valence-corrected chi connectivity index (χ4v) is 6.62. The average molecular weight is 522 g/mol. The number of piperidine rings is 1. The lowest BCUT2D eigenvalue weighted by atomic mass is 9.74. The van der Waals surface area contributed by atoms with Crippen molar-refractivity contribution in [3.63, 3.8) is 0 Å². The molecule has 2 aliphatic rings. The zero-order chi connectivity index (χ0) is 25.8. The number of likely N-dealkylation sites (tertiary alicyclic amines) is 1. The van der Waals surface area contributed by atoms with E-state index >= 15 is 0 Å². The Morgan fingerprint density at radius 1 is 1.17 bits per heavy atom. The number of nitrogens with zero attached hydrogens (tertiary/aromatic N) is 1. The molecular weight excluding hydrogens is 474 g/mol. The number of hydrogen-bond acceptors (Lipinski definition) is 4. The summed E-state index contributed by atoms with van der Waals surface area (Å²) >= 11 is 6.42. The second kappa shape index (κ2) is 15.2. The van der Waals surface area contributed by atoms with Crippen molar-refractivity contribution < 1.29 is 14.3 Å². The Morgan fingerprint density at radius 2 is 1.97 bits per heavy atom. The number of amides is 2. The summed E-state index contributed by atoms with van der Waals surface area (Å²) in [6.45, 7) is 3.02. The number of halogens is 1. The van der Waals surface area contributed by atoms with E-state index in [1.54, 1.807) is 7.11 Å². The van der Waals surface area contributed by atoms with E-state index < -0.39 is 5.60 Å². The summed E-state index contributed by atoms with van der Waals surface area (Å²) in [5, 5.41) is 7.39. The SMILES string of the molecule is CNC[C@H](CC1CCCCC1)NC(=O)N1CCC[C@@H](C(CCCCOC)(OC)c2cccc(Cl)c2)C1. The molecule has 3 rings (SSSR count). The van der Waals surface area contributed by atoms with Crippen LogP contribution in [0.25, 0.3) is 0 Å². The molecule has 1 aliphatic heterocycles. The smallest absolute Gasteiger partial charge is 0.317 e. The van der Waals surface area contributed by atoms with E-state index in [9.17, 15) is 4.79 Å². The first-order valence-corrected chi connectivity index (χ1v) is 14.4. The van der Waals surface area contributed by atoms with E-state index in [2.05, 4.69) is 16.7 Å². The number of carbonyl (C=O) groups excluding carboxylic acids is 1. The van der Waals surface area contributed by atoms with E-state index in [-0.39, 0.29) is 18.0 Å². The molecule has 1 saturated heterocycles. The van der Waals surface area contributed by atoms with E-state index in [4.69, 9.17) is 21.1 Å². The molecule has 0 aromatic heterocycles. The molecule has 2 N–H and O–H groups in total. The van der Waals surface area contributed by atoms with Gasteiger partial charge in [0, 0.05) is 57.4 Å². The summed E-state index contributed by atoms with van der Waals surface area (Å²) in [5.74, 6) is 0.923. The minimum absolute atomic E-state index is 0.0613. The van der Waals surface area contributed by atoms with Crippen molar-refractivity contribution in [1.29, 1.82) is 0 Å². The van der Waals surface area contributed by atoms with Gasteiger partial charge in [-0.15, -0.1) is 0 Å². The predicted octanol–water partition coefficient (Wildman–Crippen LogP) is 5.98. The summed E-state index contributed by atoms with van der Waals surface area (Å²) in [6, 6.07) is 8.30. The number of likely N-dealkylation sites (N-methyl/N-ethyl adjacent to an activating group) is 1. The highest BCUT2D eigenvalue weighted by molar-refractivity contribution is 6.30. The number of rotatable bonds is 13. The van der Waals surface area contributed by atoms with Gasteiger partial charge in [0.25, 0.3) is 0 Å². The number of ether oxygens (including phenoxy) is 2. The second-order valence-corrected chi connectivity index (χ2v) is 11.2. The van der Waals surface area contributed by atoms with Crippen molar-refractivity contribution in [2.45, 2.75) is 82.3 Å². The molecule has 204 valence electrons. The molecule has 1 aliphatic carbocycles. The van der Waals surface area contributed by atoms with Crippen molar-refractivity contribution in [3.8, 4) is 0 Å². The summed E-state index contributed by atoms with van der Waals surface area (Å²) in [7, 11) is 5.52. The Hall–Kier alpha value is -1.34. The Bertz CT molecular complexity index is 789. The largest absolute Gasteiger partial charge is 0.385 e. The van der Waals surface area contributed by atoms with Crippen molar-refractivity contribution in [2.75, 3.05) is 47.5 Å². The fourth-order valence-electron chi connectivity index (χ4n) is 6.43. The van der Waals surface area contributed by atoms with Crippen LogP contribution in [0.15, 0.2) is 24.3 Å². The topological polar surface area (TPSA) is 62.8 Å². The summed E-state index contributed by atoms with van der Waals surface area (Å²) in [5.41, 5.74) is 0.622. The van der Waals surface area contributed by atoms with E-state index in [1.165, 1.54) is 32.1 Å². The third-order valence-electron chi connectivity index (χ3n) is 8.31. The van der Waals surface area contributed by atoms with E-state index in [0.717, 1.165) is 69.7 Å². The predicted molar refractivity (Wildman–Crippen MR) is 148 cm³/mol. The number of nitrogens with one attached hydrogen (secondary N) is 2. The maximum atomic E-state index is 13.5. The third kappa shape index (κ3) is 8.08. The van der Waals surface area contributed by atoms with Gasteiger partial charge in [-0.3, -0.25) is 0 Å². The van der Waals surface area contributed by atoms with Crippen LogP contribution in [0.4, 0.5) is 4.79 Å². The summed E-state index contributed by atoms with van der Waals surface area (Å²) < 4.78 is 11.7. The quantitative estimate of drug-likeness (QED) is 0.313. The maximum Gasteiger partial charge on any atom is 0.317 e. The molecule has 2 fully saturated rings. The Morgan fingerprint density at radius 3 is 2.67 bits per heavy atom. The first-order valence-electron chi connectivity index (χ1n) is 14.0. The van der Waals surface area contributed by atoms with Crippen LogP contribution in [0.3, 0.4) is 0 Å². The zero-order valence-electron chi connectivity index (χ0n) is 22.7. The van der Waals surface area contributed by atoms with Gasteiger partial charge in [-0.05, 0) is 69.2 Å². The molecule has 7 heteroatoms. The average Bonchev–Trinajstić information content (AvgIpc) is 2.90. The lowest BCUT2D eigenvalue weighted by Crippen LogP contribution is -2.54. The van der Waals surface area contributed by atoms with Gasteiger partial charge in [0.15, 0.2) is 0 Å². The minimum atomic E-state index is -0.482. The number of urea groups is 1. The molecule has 0 radical (unpaired) electrons. The summed E-state index contributed by atoms with van der Waals surface area (Å²) in [4.78, 5) is 15.5. The maximum absolute atomic E-state index is 13.5. The van der Waals surface area contributed by atoms with Crippen molar-refractivity contribution in [1.82, 2.24) is 15.5 Å². The molecular formula is C29H48ClN3O3. The highest BCUT2D eigenvalue weighted by Gasteiger charge is 2.43. The van der Waals surface area contributed by atoms with Crippen LogP contribution in [-0.4, -0.2) is 64.5 Å². The number of benzene rings is 1. The van der Waals surface area contributed by atoms with Gasteiger partial charge in [0.05, 0.1) is 5.60 Å². The molecule has 36 heavy (non-hydrogen) atoms. The fraction of sp³-hybridized carbons (Fsp3) is 0.759. The molecule has 1 heterocycles. The van der Waals surface area contributed by atoms with Gasteiger partial charge >= 0.3 is 6.03 Å². The highest BCUT2D eigenvalue weighted by atomic mass is 35.5. The van der Waals surface area contributed by atoms with Gasteiger partial charge in [0.2, 0.25) is 0 Å². The first-order chi connectivity index (χ1) is 17.5. The van der Waals surface area contributed by atoms with E-state index in [1.807, 2.05) is 37.3 Å². The van der Waals surface area contributed by atoms with Gasteiger partial charge in [0.1, 0.15) is 0 Å². The monoisotopic (exact) mass is 521 g/mol. The molecule has 2 amide bonds. The zero-order valence-corrected chi connectivity index (χ0v) is 23.5. The van der Waals surface area contributed by atoms with Crippen LogP contribution in [0.2, 0.25) is 5.02 Å². The molecule has 6 nitrogen and oxygen atoms in total. The van der Waals surface area contributed by atoms with Crippen molar-refractivity contribution in [2.24, 2.45) is 11.8 Å². The van der Waals surface area contributed by atoms with Crippen LogP contribution in [0.5, 0.6) is 0 Å². The van der Waals surface area contributed by atoms with Crippen LogP contribution in [-0.2, 0) is 15.1 Å². The third-order valence-corrected chi connectivity index (χ3v) is 8.55. The molecule has 1 aromatic rings. The normalized spacial score (nSPS) is 21.7. The van der Waals surface area contributed by atoms with E-state index in [0.29, 0.717) is 11.6 Å². The van der Waals surface area contributed by atoms with Crippen LogP contribution < -0.4 is 10.6 Å². The lowest BCUT2D eigenvalue weighted by Gasteiger charge is -2.45. The van der Waals surface area contributed by atoms with Crippen LogP contribution >= 0.6 is 11.6 Å². The number of carbonyl (C=O) groups is 1. The second-order valence-electron chi connectivity index (χ2n) is 10.8. The van der Waals surface area contributed by atoms with Gasteiger partial charge < -0.3 is 25.0 Å². The van der Waals surface area contributed by atoms with Crippen LogP contribution in [0.1, 0.15) is 76.2 Å². The highest BCUT2D eigenvalue weighted by Crippen LogP contribution is 2.43. The van der Waals surface area contributed by atoms with Gasteiger partial charge in [-0.2, -0.15) is 0 Å². The Labute approximate surface area is 223 Å². The molecule has 1 aromatic carbocycles. The number of unbranched alkanes of at least 4 members (excludes halogenated alkanes) is 1. The van der Waals surface area contributed by atoms with Crippen LogP contribution in [0, 0.1) is 11.8 Å². The molecule has 1 saturated carbocycles. The molecule has 0 bridgehead atoms. The lowest BCUT2D eigenvalue weighted by molar-refractivity contribution is -0.0895. The first kappa shape index (κ1) is 29.2. The van der Waals surface area contributed by atoms with Gasteiger partial charge in [-0.25, -0.2) is 4.79 Å². The van der Waals surface area contributed by atoms with Crippen molar-refractivity contribution >= 4 is 17.6 Å². The minimum Gasteiger partial charge on any atom is -0.385 e. The molecule has 1 unspecified atom stereocenters. The molecule has 3 atom stereocenters. The summed E-state index contributed by atoms with van der Waals surface area (Å²) in [6.07, 6.45) is 12.5. The Balaban J connectivity index is 1.72. The van der Waals surface area contributed by atoms with Crippen molar-refractivity contribution in [3.05, 3.63) is 34.9 Å². The standard InChI is InChI=1S/C29H48ClN3O3/c1-31-21-27(19-23-11-5-4-6-12-23)32-28(34)33-17-10-14-25(22-33)29(36-3,16-7-8-18-35-2)24-13-9-15-26(30)20-24/h9,13,15,20,23,25,27,31H,4-8,10-12,14,16-19,21-22H2,1-3H3,(H,32,34)/t25-,27+,29?/m1/s1. The van der Waals surface area contributed by atoms with Gasteiger partial charge in [-0.1, -0.05) is 55.8 Å². The molecule has 0 spiro atoms. The Kier molecular flexibility index (Phi) is 12.3. The number of methoxy groups -OCH3 is 2. The number of hydrogen-bond donors (Lipinski definition) is 2.